The zero-order valence-corrected chi connectivity index (χ0v) is 12.3. The smallest absolute Gasteiger partial charge is 0.255 e. The highest BCUT2D eigenvalue weighted by Crippen LogP contribution is 2.28. The minimum atomic E-state index is -0.469. The van der Waals surface area contributed by atoms with Crippen molar-refractivity contribution in [1.82, 2.24) is 9.80 Å². The summed E-state index contributed by atoms with van der Waals surface area (Å²) < 4.78 is 13.7. The molecule has 1 amide bonds. The Bertz CT molecular complexity index is 475. The maximum Gasteiger partial charge on any atom is 0.255 e. The summed E-state index contributed by atoms with van der Waals surface area (Å²) in [5, 5.41) is 0.264. The zero-order valence-electron chi connectivity index (χ0n) is 9.92. The lowest BCUT2D eigenvalue weighted by Gasteiger charge is -2.32. The summed E-state index contributed by atoms with van der Waals surface area (Å²) in [4.78, 5) is 16.1. The number of rotatable bonds is 1. The average molecular weight is 336 g/mol. The summed E-state index contributed by atoms with van der Waals surface area (Å²) >= 11 is 9.18. The van der Waals surface area contributed by atoms with Crippen molar-refractivity contribution in [3.8, 4) is 0 Å². The van der Waals surface area contributed by atoms with Gasteiger partial charge in [0.15, 0.2) is 0 Å². The molecule has 0 atom stereocenters. The fourth-order valence-electron chi connectivity index (χ4n) is 1.89. The second-order valence-corrected chi connectivity index (χ2v) is 5.58. The van der Waals surface area contributed by atoms with Gasteiger partial charge in [0.25, 0.3) is 5.91 Å². The van der Waals surface area contributed by atoms with Crippen molar-refractivity contribution >= 4 is 33.4 Å². The number of piperazine rings is 1. The van der Waals surface area contributed by atoms with Crippen molar-refractivity contribution in [2.75, 3.05) is 33.2 Å². The number of likely N-dealkylation sites (N-methyl/N-ethyl adjacent to an activating group) is 1. The van der Waals surface area contributed by atoms with E-state index in [0.29, 0.717) is 17.6 Å². The van der Waals surface area contributed by atoms with E-state index >= 15 is 0 Å². The third-order valence-corrected chi connectivity index (χ3v) is 4.27. The van der Waals surface area contributed by atoms with Crippen molar-refractivity contribution in [2.45, 2.75) is 0 Å². The molecule has 0 bridgehead atoms. The Hall–Kier alpha value is -0.650. The Morgan fingerprint density at radius 2 is 1.94 bits per heavy atom. The number of halogens is 3. The summed E-state index contributed by atoms with van der Waals surface area (Å²) in [6.45, 7) is 2.92. The van der Waals surface area contributed by atoms with Gasteiger partial charge in [0.1, 0.15) is 5.82 Å². The van der Waals surface area contributed by atoms with E-state index in [1.165, 1.54) is 12.1 Å². The van der Waals surface area contributed by atoms with E-state index in [4.69, 9.17) is 11.6 Å². The van der Waals surface area contributed by atoms with E-state index in [1.54, 1.807) is 4.90 Å². The van der Waals surface area contributed by atoms with Crippen LogP contribution in [-0.4, -0.2) is 48.9 Å². The van der Waals surface area contributed by atoms with Crippen LogP contribution in [0, 0.1) is 5.82 Å². The molecule has 1 heterocycles. The van der Waals surface area contributed by atoms with Gasteiger partial charge in [-0.3, -0.25) is 4.79 Å². The Labute approximate surface area is 119 Å². The molecule has 0 N–H and O–H groups in total. The number of hydrogen-bond acceptors (Lipinski definition) is 2. The van der Waals surface area contributed by atoms with Gasteiger partial charge < -0.3 is 9.80 Å². The molecule has 0 aromatic heterocycles. The first kappa shape index (κ1) is 13.8. The van der Waals surface area contributed by atoms with Crippen LogP contribution < -0.4 is 0 Å². The predicted octanol–water partition coefficient (Wildman–Crippen LogP) is 2.63. The van der Waals surface area contributed by atoms with Gasteiger partial charge in [-0.15, -0.1) is 0 Å². The van der Waals surface area contributed by atoms with Crippen LogP contribution >= 0.6 is 27.5 Å². The first-order valence-corrected chi connectivity index (χ1v) is 6.78. The van der Waals surface area contributed by atoms with E-state index in [-0.39, 0.29) is 16.5 Å². The molecular weight excluding hydrogens is 322 g/mol. The Morgan fingerprint density at radius 3 is 2.56 bits per heavy atom. The van der Waals surface area contributed by atoms with Gasteiger partial charge >= 0.3 is 0 Å². The number of nitrogens with zero attached hydrogens (tertiary/aromatic N) is 2. The van der Waals surface area contributed by atoms with Crippen LogP contribution in [0.15, 0.2) is 16.6 Å². The number of amides is 1. The van der Waals surface area contributed by atoms with E-state index in [9.17, 15) is 9.18 Å². The average Bonchev–Trinajstić information content (AvgIpc) is 2.34. The molecule has 1 aromatic rings. The highest BCUT2D eigenvalue weighted by Gasteiger charge is 2.23. The van der Waals surface area contributed by atoms with Crippen molar-refractivity contribution in [3.63, 3.8) is 0 Å². The normalized spacial score (nSPS) is 17.0. The maximum absolute atomic E-state index is 13.3. The SMILES string of the molecule is CN1CCN(C(=O)c2cc(F)cc(Br)c2Cl)CC1. The van der Waals surface area contributed by atoms with Gasteiger partial charge in [0, 0.05) is 30.7 Å². The molecule has 1 aliphatic heterocycles. The quantitative estimate of drug-likeness (QED) is 0.737. The highest BCUT2D eigenvalue weighted by molar-refractivity contribution is 9.10. The van der Waals surface area contributed by atoms with E-state index in [1.807, 2.05) is 7.05 Å². The van der Waals surface area contributed by atoms with Crippen molar-refractivity contribution in [3.05, 3.63) is 33.0 Å². The van der Waals surface area contributed by atoms with Gasteiger partial charge in [0.2, 0.25) is 0 Å². The first-order chi connectivity index (χ1) is 8.49. The molecule has 0 spiro atoms. The van der Waals surface area contributed by atoms with Gasteiger partial charge in [-0.05, 0) is 35.1 Å². The summed E-state index contributed by atoms with van der Waals surface area (Å²) in [5.74, 6) is -0.683. The summed E-state index contributed by atoms with van der Waals surface area (Å²) in [6, 6.07) is 2.44. The third-order valence-electron chi connectivity index (χ3n) is 3.01. The van der Waals surface area contributed by atoms with Gasteiger partial charge in [-0.1, -0.05) is 11.6 Å². The number of benzene rings is 1. The molecule has 1 aliphatic rings. The van der Waals surface area contributed by atoms with E-state index < -0.39 is 5.82 Å². The molecule has 2 rings (SSSR count). The second kappa shape index (κ2) is 5.55. The van der Waals surface area contributed by atoms with E-state index in [0.717, 1.165) is 13.1 Å². The molecule has 0 aliphatic carbocycles. The zero-order chi connectivity index (χ0) is 13.3. The van der Waals surface area contributed by atoms with Crippen LogP contribution in [0.5, 0.6) is 0 Å². The molecule has 1 saturated heterocycles. The van der Waals surface area contributed by atoms with Crippen molar-refractivity contribution < 1.29 is 9.18 Å². The standard InChI is InChI=1S/C12H13BrClFN2O/c1-16-2-4-17(5-3-16)12(18)9-6-8(15)7-10(13)11(9)14/h6-7H,2-5H2,1H3. The Kier molecular flexibility index (Phi) is 4.25. The van der Waals surface area contributed by atoms with Gasteiger partial charge in [-0.2, -0.15) is 0 Å². The largest absolute Gasteiger partial charge is 0.336 e. The molecule has 0 saturated carbocycles. The second-order valence-electron chi connectivity index (χ2n) is 4.34. The topological polar surface area (TPSA) is 23.6 Å². The van der Waals surface area contributed by atoms with Crippen LogP contribution in [0.3, 0.4) is 0 Å². The van der Waals surface area contributed by atoms with E-state index in [2.05, 4.69) is 20.8 Å². The highest BCUT2D eigenvalue weighted by atomic mass is 79.9. The number of hydrogen-bond donors (Lipinski definition) is 0. The first-order valence-electron chi connectivity index (χ1n) is 5.61. The number of carbonyl (C=O) groups is 1. The van der Waals surface area contributed by atoms with Crippen LogP contribution in [0.2, 0.25) is 5.02 Å². The molecule has 1 aromatic carbocycles. The fraction of sp³-hybridized carbons (Fsp3) is 0.417. The predicted molar refractivity (Wildman–Crippen MR) is 72.5 cm³/mol. The lowest BCUT2D eigenvalue weighted by molar-refractivity contribution is 0.0663. The van der Waals surface area contributed by atoms with Gasteiger partial charge in [0.05, 0.1) is 10.6 Å². The van der Waals surface area contributed by atoms with Crippen molar-refractivity contribution in [1.29, 1.82) is 0 Å². The molecule has 98 valence electrons. The minimum absolute atomic E-state index is 0.215. The number of carbonyl (C=O) groups excluding carboxylic acids is 1. The monoisotopic (exact) mass is 334 g/mol. The van der Waals surface area contributed by atoms with Crippen LogP contribution in [0.4, 0.5) is 4.39 Å². The summed E-state index contributed by atoms with van der Waals surface area (Å²) in [5.41, 5.74) is 0.216. The molecule has 0 unspecified atom stereocenters. The van der Waals surface area contributed by atoms with Crippen LogP contribution in [0.25, 0.3) is 0 Å². The molecular formula is C12H13BrClFN2O. The molecule has 1 fully saturated rings. The molecule has 6 heteroatoms. The molecule has 3 nitrogen and oxygen atoms in total. The fourth-order valence-corrected chi connectivity index (χ4v) is 2.51. The molecule has 0 radical (unpaired) electrons. The van der Waals surface area contributed by atoms with Crippen LogP contribution in [-0.2, 0) is 0 Å². The Balaban J connectivity index is 2.23. The minimum Gasteiger partial charge on any atom is -0.336 e. The van der Waals surface area contributed by atoms with Crippen LogP contribution in [0.1, 0.15) is 10.4 Å². The lowest BCUT2D eigenvalue weighted by Crippen LogP contribution is -2.47. The summed E-state index contributed by atoms with van der Waals surface area (Å²) in [6.07, 6.45) is 0. The lowest BCUT2D eigenvalue weighted by atomic mass is 10.1. The summed E-state index contributed by atoms with van der Waals surface area (Å²) in [7, 11) is 2.01. The maximum atomic E-state index is 13.3. The Morgan fingerprint density at radius 1 is 1.33 bits per heavy atom. The van der Waals surface area contributed by atoms with Crippen molar-refractivity contribution in [2.24, 2.45) is 0 Å². The third kappa shape index (κ3) is 2.84. The molecule has 18 heavy (non-hydrogen) atoms. The van der Waals surface area contributed by atoms with Gasteiger partial charge in [-0.25, -0.2) is 4.39 Å².